The van der Waals surface area contributed by atoms with Crippen molar-refractivity contribution in [2.24, 2.45) is 5.73 Å². The normalized spacial score (nSPS) is 9.21. The van der Waals surface area contributed by atoms with Gasteiger partial charge in [0.05, 0.1) is 6.10 Å². The van der Waals surface area contributed by atoms with Crippen LogP contribution in [-0.4, -0.2) is 17.2 Å². The molecular weight excluding hydrogens is 184 g/mol. The van der Waals surface area contributed by atoms with Crippen molar-refractivity contribution in [3.05, 3.63) is 12.0 Å². The average Bonchev–Trinajstić information content (AvgIpc) is 2.55. The van der Waals surface area contributed by atoms with Crippen molar-refractivity contribution < 1.29 is 14.1 Å². The van der Waals surface area contributed by atoms with Crippen LogP contribution in [0.2, 0.25) is 0 Å². The van der Waals surface area contributed by atoms with Crippen molar-refractivity contribution in [3.63, 3.8) is 0 Å². The number of ether oxygens (including phenoxy) is 1. The molecule has 80 valence electrons. The highest BCUT2D eigenvalue weighted by molar-refractivity contribution is 5.93. The van der Waals surface area contributed by atoms with Crippen molar-refractivity contribution in [1.29, 1.82) is 0 Å². The fourth-order valence-corrected chi connectivity index (χ4v) is 0.732. The first-order chi connectivity index (χ1) is 6.61. The maximum absolute atomic E-state index is 10.7. The molecule has 0 saturated carbocycles. The Morgan fingerprint density at radius 2 is 2.14 bits per heavy atom. The summed E-state index contributed by atoms with van der Waals surface area (Å²) < 4.78 is 9.72. The molecule has 1 aromatic heterocycles. The van der Waals surface area contributed by atoms with E-state index in [4.69, 9.17) is 10.5 Å². The molecule has 0 aliphatic carbocycles. The number of nitrogens with zero attached hydrogens (tertiary/aromatic N) is 1. The summed E-state index contributed by atoms with van der Waals surface area (Å²) in [5.74, 6) is -0.364. The molecule has 1 amide bonds. The number of carbonyl (C=O) groups excluding carboxylic acids is 1. The smallest absolute Gasteiger partial charge is 0.274 e. The highest BCUT2D eigenvalue weighted by Crippen LogP contribution is 2.16. The first kappa shape index (κ1) is 12.5. The highest BCUT2D eigenvalue weighted by Gasteiger charge is 2.15. The van der Waals surface area contributed by atoms with Gasteiger partial charge in [-0.3, -0.25) is 4.79 Å². The molecule has 0 radical (unpaired) electrons. The van der Waals surface area contributed by atoms with Gasteiger partial charge in [-0.1, -0.05) is 19.0 Å². The zero-order valence-electron chi connectivity index (χ0n) is 8.90. The van der Waals surface area contributed by atoms with Gasteiger partial charge in [0.1, 0.15) is 0 Å². The molecule has 0 aliphatic rings. The molecule has 0 aromatic carbocycles. The van der Waals surface area contributed by atoms with E-state index in [2.05, 4.69) is 9.68 Å². The number of primary amides is 1. The van der Waals surface area contributed by atoms with Crippen LogP contribution in [0.25, 0.3) is 0 Å². The number of hydrogen-bond donors (Lipinski definition) is 1. The molecule has 14 heavy (non-hydrogen) atoms. The van der Waals surface area contributed by atoms with Gasteiger partial charge in [-0.05, 0) is 13.8 Å². The van der Waals surface area contributed by atoms with Crippen molar-refractivity contribution in [2.45, 2.75) is 33.8 Å². The Balaban J connectivity index is 0.000000791. The van der Waals surface area contributed by atoms with E-state index >= 15 is 0 Å². The molecule has 0 unspecified atom stereocenters. The predicted octanol–water partition coefficient (Wildman–Crippen LogP) is 1.59. The van der Waals surface area contributed by atoms with E-state index in [0.29, 0.717) is 0 Å². The second kappa shape index (κ2) is 6.01. The van der Waals surface area contributed by atoms with Crippen molar-refractivity contribution in [2.75, 3.05) is 0 Å². The van der Waals surface area contributed by atoms with Crippen molar-refractivity contribution in [1.82, 2.24) is 5.16 Å². The number of amides is 1. The SMILES string of the molecule is CC.CC(C)Oc1conc1C(N)=O. The van der Waals surface area contributed by atoms with Crippen LogP contribution in [0.5, 0.6) is 5.75 Å². The molecule has 0 aliphatic heterocycles. The summed E-state index contributed by atoms with van der Waals surface area (Å²) in [6.07, 6.45) is 1.21. The molecule has 0 atom stereocenters. The molecule has 0 saturated heterocycles. The Morgan fingerprint density at radius 1 is 1.57 bits per heavy atom. The number of aromatic nitrogens is 1. The van der Waals surface area contributed by atoms with Crippen LogP contribution in [0.4, 0.5) is 0 Å². The van der Waals surface area contributed by atoms with E-state index < -0.39 is 5.91 Å². The Labute approximate surface area is 83.2 Å². The number of carbonyl (C=O) groups is 1. The van der Waals surface area contributed by atoms with Crippen molar-refractivity contribution in [3.8, 4) is 5.75 Å². The van der Waals surface area contributed by atoms with E-state index in [0.717, 1.165) is 0 Å². The minimum Gasteiger partial charge on any atom is -0.485 e. The lowest BCUT2D eigenvalue weighted by Crippen LogP contribution is -2.15. The highest BCUT2D eigenvalue weighted by atomic mass is 16.5. The first-order valence-electron chi connectivity index (χ1n) is 4.52. The summed E-state index contributed by atoms with van der Waals surface area (Å²) >= 11 is 0. The molecule has 1 heterocycles. The van der Waals surface area contributed by atoms with E-state index in [-0.39, 0.29) is 17.5 Å². The maximum Gasteiger partial charge on any atom is 0.274 e. The number of rotatable bonds is 3. The van der Waals surface area contributed by atoms with Crippen LogP contribution in [0.1, 0.15) is 38.2 Å². The van der Waals surface area contributed by atoms with E-state index in [1.54, 1.807) is 0 Å². The molecular formula is C9H16N2O3. The lowest BCUT2D eigenvalue weighted by Gasteiger charge is -2.05. The van der Waals surface area contributed by atoms with Crippen LogP contribution >= 0.6 is 0 Å². The van der Waals surface area contributed by atoms with Gasteiger partial charge < -0.3 is 15.0 Å². The van der Waals surface area contributed by atoms with Crippen LogP contribution in [0.15, 0.2) is 10.8 Å². The van der Waals surface area contributed by atoms with Crippen molar-refractivity contribution >= 4 is 5.91 Å². The second-order valence-corrected chi connectivity index (χ2v) is 2.56. The molecule has 2 N–H and O–H groups in total. The van der Waals surface area contributed by atoms with Gasteiger partial charge in [0.2, 0.25) is 5.69 Å². The van der Waals surface area contributed by atoms with Gasteiger partial charge in [0.15, 0.2) is 12.0 Å². The third kappa shape index (κ3) is 3.47. The molecule has 5 nitrogen and oxygen atoms in total. The fourth-order valence-electron chi connectivity index (χ4n) is 0.732. The summed E-state index contributed by atoms with van der Waals surface area (Å²) in [5, 5.41) is 3.39. The standard InChI is InChI=1S/C7H10N2O3.C2H6/c1-4(2)12-5-3-11-9-6(5)7(8)10;1-2/h3-4H,1-2H3,(H2,8,10);1-2H3. The average molecular weight is 200 g/mol. The van der Waals surface area contributed by atoms with Gasteiger partial charge in [-0.2, -0.15) is 0 Å². The summed E-state index contributed by atoms with van der Waals surface area (Å²) in [6, 6.07) is 0. The van der Waals surface area contributed by atoms with Gasteiger partial charge >= 0.3 is 0 Å². The molecule has 0 spiro atoms. The summed E-state index contributed by atoms with van der Waals surface area (Å²) in [4.78, 5) is 10.7. The Kier molecular flexibility index (Phi) is 5.36. The minimum absolute atomic E-state index is 0.0312. The summed E-state index contributed by atoms with van der Waals surface area (Å²) in [6.45, 7) is 7.66. The second-order valence-electron chi connectivity index (χ2n) is 2.56. The molecule has 0 fully saturated rings. The zero-order chi connectivity index (χ0) is 11.1. The molecule has 1 rings (SSSR count). The van der Waals surface area contributed by atoms with Gasteiger partial charge in [0.25, 0.3) is 5.91 Å². The first-order valence-corrected chi connectivity index (χ1v) is 4.52. The van der Waals surface area contributed by atoms with Gasteiger partial charge in [-0.15, -0.1) is 0 Å². The lowest BCUT2D eigenvalue weighted by atomic mass is 10.4. The topological polar surface area (TPSA) is 78.3 Å². The minimum atomic E-state index is -0.653. The quantitative estimate of drug-likeness (QED) is 0.803. The van der Waals surface area contributed by atoms with Gasteiger partial charge in [-0.25, -0.2) is 0 Å². The van der Waals surface area contributed by atoms with E-state index in [1.807, 2.05) is 27.7 Å². The van der Waals surface area contributed by atoms with Crippen LogP contribution in [-0.2, 0) is 0 Å². The van der Waals surface area contributed by atoms with E-state index in [1.165, 1.54) is 6.26 Å². The lowest BCUT2D eigenvalue weighted by molar-refractivity contribution is 0.0987. The van der Waals surface area contributed by atoms with Gasteiger partial charge in [0, 0.05) is 0 Å². The molecule has 1 aromatic rings. The maximum atomic E-state index is 10.7. The fraction of sp³-hybridized carbons (Fsp3) is 0.556. The third-order valence-corrected chi connectivity index (χ3v) is 1.13. The van der Waals surface area contributed by atoms with Crippen LogP contribution in [0, 0.1) is 0 Å². The Bertz CT molecular complexity index is 281. The number of hydrogen-bond acceptors (Lipinski definition) is 4. The predicted molar refractivity (Wildman–Crippen MR) is 52.1 cm³/mol. The molecule has 5 heteroatoms. The summed E-state index contributed by atoms with van der Waals surface area (Å²) in [7, 11) is 0. The monoisotopic (exact) mass is 200 g/mol. The largest absolute Gasteiger partial charge is 0.485 e. The summed E-state index contributed by atoms with van der Waals surface area (Å²) in [5.41, 5.74) is 5.02. The third-order valence-electron chi connectivity index (χ3n) is 1.13. The Hall–Kier alpha value is -1.52. The number of nitrogens with two attached hydrogens (primary N) is 1. The zero-order valence-corrected chi connectivity index (χ0v) is 8.90. The van der Waals surface area contributed by atoms with E-state index in [9.17, 15) is 4.79 Å². The van der Waals surface area contributed by atoms with Crippen LogP contribution < -0.4 is 10.5 Å². The molecule has 0 bridgehead atoms. The van der Waals surface area contributed by atoms with Crippen LogP contribution in [0.3, 0.4) is 0 Å². The Morgan fingerprint density at radius 3 is 2.57 bits per heavy atom.